The van der Waals surface area contributed by atoms with Gasteiger partial charge < -0.3 is 15.2 Å². The van der Waals surface area contributed by atoms with Gasteiger partial charge in [0.15, 0.2) is 0 Å². The van der Waals surface area contributed by atoms with Crippen LogP contribution in [0.4, 0.5) is 0 Å². The maximum atomic E-state index is 5.74. The maximum absolute atomic E-state index is 5.74. The quantitative estimate of drug-likeness (QED) is 0.848. The second-order valence-electron chi connectivity index (χ2n) is 4.60. The highest BCUT2D eigenvalue weighted by Gasteiger charge is 2.40. The first-order valence-corrected chi connectivity index (χ1v) is 6.04. The molecule has 0 saturated heterocycles. The Kier molecular flexibility index (Phi) is 3.52. The Bertz CT molecular complexity index is 389. The molecule has 0 atom stereocenters. The Morgan fingerprint density at radius 2 is 2.12 bits per heavy atom. The van der Waals surface area contributed by atoms with Gasteiger partial charge >= 0.3 is 0 Å². The topological polar surface area (TPSA) is 57.4 Å². The first-order chi connectivity index (χ1) is 8.25. The number of ether oxygens (including phenoxy) is 2. The first-order valence-electron chi connectivity index (χ1n) is 6.04. The number of hydrogen-bond donors (Lipinski definition) is 1. The summed E-state index contributed by atoms with van der Waals surface area (Å²) in [6, 6.07) is 1.99. The van der Waals surface area contributed by atoms with Crippen LogP contribution < -0.4 is 15.2 Å². The van der Waals surface area contributed by atoms with Gasteiger partial charge in [-0.15, -0.1) is 0 Å². The average molecular weight is 236 g/mol. The van der Waals surface area contributed by atoms with Crippen LogP contribution in [0.15, 0.2) is 12.3 Å². The molecule has 0 amide bonds. The van der Waals surface area contributed by atoms with Crippen molar-refractivity contribution in [1.29, 1.82) is 0 Å². The molecule has 1 saturated carbocycles. The van der Waals surface area contributed by atoms with Crippen LogP contribution in [0, 0.1) is 0 Å². The van der Waals surface area contributed by atoms with Crippen molar-refractivity contribution in [2.24, 2.45) is 5.73 Å². The van der Waals surface area contributed by atoms with Crippen molar-refractivity contribution in [3.05, 3.63) is 17.8 Å². The average Bonchev–Trinajstić information content (AvgIpc) is 2.33. The SMILES string of the molecule is COc1cc(C2(CCN)CCC2)c(OC)cn1. The summed E-state index contributed by atoms with van der Waals surface area (Å²) in [4.78, 5) is 4.18. The molecule has 1 fully saturated rings. The van der Waals surface area contributed by atoms with Gasteiger partial charge in [0.05, 0.1) is 20.4 Å². The highest BCUT2D eigenvalue weighted by atomic mass is 16.5. The lowest BCUT2D eigenvalue weighted by atomic mass is 9.62. The lowest BCUT2D eigenvalue weighted by Gasteiger charge is -2.43. The van der Waals surface area contributed by atoms with E-state index >= 15 is 0 Å². The summed E-state index contributed by atoms with van der Waals surface area (Å²) in [5.41, 5.74) is 7.11. The fourth-order valence-corrected chi connectivity index (χ4v) is 2.65. The number of aromatic nitrogens is 1. The van der Waals surface area contributed by atoms with Crippen molar-refractivity contribution >= 4 is 0 Å². The zero-order valence-electron chi connectivity index (χ0n) is 10.5. The molecule has 0 unspecified atom stereocenters. The van der Waals surface area contributed by atoms with Gasteiger partial charge in [-0.05, 0) is 25.8 Å². The molecule has 2 rings (SSSR count). The van der Waals surface area contributed by atoms with Crippen LogP contribution in [-0.2, 0) is 5.41 Å². The van der Waals surface area contributed by atoms with Crippen molar-refractivity contribution in [1.82, 2.24) is 4.98 Å². The lowest BCUT2D eigenvalue weighted by molar-refractivity contribution is 0.220. The highest BCUT2D eigenvalue weighted by Crippen LogP contribution is 2.49. The Morgan fingerprint density at radius 3 is 2.59 bits per heavy atom. The third-order valence-corrected chi connectivity index (χ3v) is 3.78. The van der Waals surface area contributed by atoms with Gasteiger partial charge in [-0.2, -0.15) is 0 Å². The van der Waals surface area contributed by atoms with Crippen LogP contribution in [0.25, 0.3) is 0 Å². The predicted molar refractivity (Wildman–Crippen MR) is 66.5 cm³/mol. The zero-order chi connectivity index (χ0) is 12.3. The highest BCUT2D eigenvalue weighted by molar-refractivity contribution is 5.42. The van der Waals surface area contributed by atoms with E-state index in [0.29, 0.717) is 12.4 Å². The number of rotatable bonds is 5. The van der Waals surface area contributed by atoms with Crippen LogP contribution in [-0.4, -0.2) is 25.7 Å². The molecular weight excluding hydrogens is 216 g/mol. The van der Waals surface area contributed by atoms with E-state index in [9.17, 15) is 0 Å². The third kappa shape index (κ3) is 2.09. The fraction of sp³-hybridized carbons (Fsp3) is 0.615. The Labute approximate surface area is 102 Å². The minimum atomic E-state index is 0.177. The standard InChI is InChI=1S/C13H20N2O2/c1-16-11-9-15-12(17-2)8-10(11)13(6-7-14)4-3-5-13/h8-9H,3-7,14H2,1-2H3. The van der Waals surface area contributed by atoms with Gasteiger partial charge in [0, 0.05) is 17.0 Å². The van der Waals surface area contributed by atoms with E-state index in [1.54, 1.807) is 20.4 Å². The predicted octanol–water partition coefficient (Wildman–Crippen LogP) is 1.87. The van der Waals surface area contributed by atoms with Gasteiger partial charge in [0.2, 0.25) is 5.88 Å². The van der Waals surface area contributed by atoms with Crippen LogP contribution in [0.2, 0.25) is 0 Å². The number of nitrogens with two attached hydrogens (primary N) is 1. The molecule has 94 valence electrons. The number of nitrogens with zero attached hydrogens (tertiary/aromatic N) is 1. The molecule has 1 heterocycles. The molecular formula is C13H20N2O2. The van der Waals surface area contributed by atoms with E-state index in [2.05, 4.69) is 4.98 Å². The van der Waals surface area contributed by atoms with E-state index in [0.717, 1.165) is 12.2 Å². The molecule has 1 aromatic heterocycles. The molecule has 0 radical (unpaired) electrons. The van der Waals surface area contributed by atoms with Crippen LogP contribution >= 0.6 is 0 Å². The van der Waals surface area contributed by atoms with Gasteiger partial charge in [0.1, 0.15) is 5.75 Å². The maximum Gasteiger partial charge on any atom is 0.213 e. The summed E-state index contributed by atoms with van der Waals surface area (Å²) in [6.07, 6.45) is 6.34. The Morgan fingerprint density at radius 1 is 1.35 bits per heavy atom. The smallest absolute Gasteiger partial charge is 0.213 e. The molecule has 0 aromatic carbocycles. The second-order valence-corrected chi connectivity index (χ2v) is 4.60. The largest absolute Gasteiger partial charge is 0.495 e. The number of hydrogen-bond acceptors (Lipinski definition) is 4. The molecule has 1 aliphatic rings. The minimum Gasteiger partial charge on any atom is -0.495 e. The summed E-state index contributed by atoms with van der Waals surface area (Å²) in [7, 11) is 3.32. The monoisotopic (exact) mass is 236 g/mol. The Hall–Kier alpha value is -1.29. The van der Waals surface area contributed by atoms with Crippen LogP contribution in [0.3, 0.4) is 0 Å². The molecule has 4 heteroatoms. The summed E-state index contributed by atoms with van der Waals surface area (Å²) in [6.45, 7) is 0.702. The molecule has 4 nitrogen and oxygen atoms in total. The van der Waals surface area contributed by atoms with Crippen LogP contribution in [0.1, 0.15) is 31.2 Å². The number of methoxy groups -OCH3 is 2. The third-order valence-electron chi connectivity index (χ3n) is 3.78. The fourth-order valence-electron chi connectivity index (χ4n) is 2.65. The molecule has 2 N–H and O–H groups in total. The van der Waals surface area contributed by atoms with Crippen molar-refractivity contribution in [3.8, 4) is 11.6 Å². The Balaban J connectivity index is 2.40. The first kappa shape index (κ1) is 12.2. The lowest BCUT2D eigenvalue weighted by Crippen LogP contribution is -2.36. The second kappa shape index (κ2) is 4.92. The molecule has 0 aliphatic heterocycles. The van der Waals surface area contributed by atoms with E-state index in [-0.39, 0.29) is 5.41 Å². The molecule has 1 aliphatic carbocycles. The van der Waals surface area contributed by atoms with Crippen molar-refractivity contribution in [2.75, 3.05) is 20.8 Å². The molecule has 1 aromatic rings. The van der Waals surface area contributed by atoms with Crippen LogP contribution in [0.5, 0.6) is 11.6 Å². The van der Waals surface area contributed by atoms with Gasteiger partial charge in [-0.25, -0.2) is 4.98 Å². The molecule has 17 heavy (non-hydrogen) atoms. The summed E-state index contributed by atoms with van der Waals surface area (Å²) in [5.74, 6) is 1.49. The minimum absolute atomic E-state index is 0.177. The van der Waals surface area contributed by atoms with Gasteiger partial charge in [-0.3, -0.25) is 0 Å². The zero-order valence-corrected chi connectivity index (χ0v) is 10.5. The normalized spacial score (nSPS) is 17.4. The van der Waals surface area contributed by atoms with Gasteiger partial charge in [-0.1, -0.05) is 6.42 Å². The summed E-state index contributed by atoms with van der Waals surface area (Å²) >= 11 is 0. The van der Waals surface area contributed by atoms with Crippen molar-refractivity contribution in [3.63, 3.8) is 0 Å². The molecule has 0 spiro atoms. The van der Waals surface area contributed by atoms with Crippen molar-refractivity contribution in [2.45, 2.75) is 31.1 Å². The van der Waals surface area contributed by atoms with E-state index < -0.39 is 0 Å². The number of pyridine rings is 1. The van der Waals surface area contributed by atoms with E-state index in [1.165, 1.54) is 24.8 Å². The summed E-state index contributed by atoms with van der Waals surface area (Å²) < 4.78 is 10.6. The molecule has 0 bridgehead atoms. The van der Waals surface area contributed by atoms with Gasteiger partial charge in [0.25, 0.3) is 0 Å². The van der Waals surface area contributed by atoms with E-state index in [4.69, 9.17) is 15.2 Å². The van der Waals surface area contributed by atoms with E-state index in [1.807, 2.05) is 6.07 Å². The summed E-state index contributed by atoms with van der Waals surface area (Å²) in [5, 5.41) is 0. The van der Waals surface area contributed by atoms with Crippen molar-refractivity contribution < 1.29 is 9.47 Å².